The van der Waals surface area contributed by atoms with Crippen molar-refractivity contribution in [2.75, 3.05) is 38.3 Å². The lowest BCUT2D eigenvalue weighted by molar-refractivity contribution is -0.124. The highest BCUT2D eigenvalue weighted by atomic mass is 35.5. The number of allylic oxidation sites excluding steroid dienone is 1. The number of nitrogens with one attached hydrogen (secondary N) is 1. The average Bonchev–Trinajstić information content (AvgIpc) is 3.10. The quantitative estimate of drug-likeness (QED) is 0.476. The lowest BCUT2D eigenvalue weighted by atomic mass is 9.68. The molecule has 2 aliphatic heterocycles. The predicted octanol–water partition coefficient (Wildman–Crippen LogP) is 4.62. The summed E-state index contributed by atoms with van der Waals surface area (Å²) in [6, 6.07) is 11.0. The zero-order valence-electron chi connectivity index (χ0n) is 23.9. The number of aliphatic hydroxyl groups is 1. The number of anilines is 1. The highest BCUT2D eigenvalue weighted by molar-refractivity contribution is 7.90. The van der Waals surface area contributed by atoms with Crippen LogP contribution in [0.25, 0.3) is 0 Å². The van der Waals surface area contributed by atoms with Crippen molar-refractivity contribution in [3.8, 4) is 5.75 Å². The molecule has 0 radical (unpaired) electrons. The number of ether oxygens (including phenoxy) is 2. The topological polar surface area (TPSA) is 105 Å². The summed E-state index contributed by atoms with van der Waals surface area (Å²) in [5.41, 5.74) is 2.92. The first-order valence-corrected chi connectivity index (χ1v) is 16.8. The SMILES string of the molecule is CO[C@@H]1C=CCC[C@@H](CO)C(=O)NS(=O)(=O)c2ccc3c(c2)N(C[C@@H]2CC[C@H]21)C[C@@]1(CCCc2cc(Cl)ccc21)CO3. The Hall–Kier alpha value is -2.59. The number of carbonyl (C=O) groups excluding carboxylic acids is 1. The molecule has 10 heteroatoms. The van der Waals surface area contributed by atoms with Crippen LogP contribution in [-0.4, -0.2) is 58.9 Å². The number of halogens is 1. The van der Waals surface area contributed by atoms with E-state index in [4.69, 9.17) is 21.1 Å². The van der Waals surface area contributed by atoms with Gasteiger partial charge < -0.3 is 19.5 Å². The zero-order chi connectivity index (χ0) is 29.5. The van der Waals surface area contributed by atoms with Crippen molar-refractivity contribution in [3.05, 3.63) is 64.7 Å². The van der Waals surface area contributed by atoms with Crippen LogP contribution in [0.3, 0.4) is 0 Å². The second-order valence-electron chi connectivity index (χ2n) is 12.3. The molecule has 0 unspecified atom stereocenters. The standard InChI is InChI=1S/C32H39ClN2O6S/c1-40-29-7-3-2-5-23(18-36)31(37)34-42(38,39)25-10-13-30-28(16-25)35(17-22-8-11-26(22)29)19-32(20-41-30)14-4-6-21-15-24(33)9-12-27(21)32/h3,7,9-10,12-13,15-16,22-23,26,29,36H,2,4-6,8,11,14,17-20H2,1H3,(H,34,37)/t22-,23-,26+,29+,32-/m0/s1. The Balaban J connectivity index is 1.44. The summed E-state index contributed by atoms with van der Waals surface area (Å²) in [5, 5.41) is 10.6. The summed E-state index contributed by atoms with van der Waals surface area (Å²) in [4.78, 5) is 15.2. The number of methoxy groups -OCH3 is 1. The fourth-order valence-corrected chi connectivity index (χ4v) is 8.56. The molecule has 4 aliphatic rings. The molecule has 226 valence electrons. The normalized spacial score (nSPS) is 30.7. The molecule has 42 heavy (non-hydrogen) atoms. The monoisotopic (exact) mass is 614 g/mol. The Morgan fingerprint density at radius 2 is 2.05 bits per heavy atom. The van der Waals surface area contributed by atoms with Gasteiger partial charge in [0.2, 0.25) is 5.91 Å². The zero-order valence-corrected chi connectivity index (χ0v) is 25.5. The van der Waals surface area contributed by atoms with Crippen molar-refractivity contribution in [1.82, 2.24) is 4.72 Å². The van der Waals surface area contributed by atoms with Crippen molar-refractivity contribution < 1.29 is 27.8 Å². The van der Waals surface area contributed by atoms with E-state index in [2.05, 4.69) is 27.8 Å². The van der Waals surface area contributed by atoms with Crippen LogP contribution in [0.4, 0.5) is 5.69 Å². The number of amides is 1. The molecule has 0 saturated heterocycles. The number of benzene rings is 2. The first-order valence-electron chi connectivity index (χ1n) is 14.9. The smallest absolute Gasteiger partial charge is 0.264 e. The molecule has 1 spiro atoms. The third-order valence-electron chi connectivity index (χ3n) is 9.78. The maximum absolute atomic E-state index is 13.4. The first-order chi connectivity index (χ1) is 20.2. The van der Waals surface area contributed by atoms with Gasteiger partial charge in [-0.3, -0.25) is 4.79 Å². The van der Waals surface area contributed by atoms with E-state index in [0.717, 1.165) is 43.7 Å². The maximum Gasteiger partial charge on any atom is 0.264 e. The van der Waals surface area contributed by atoms with E-state index < -0.39 is 28.5 Å². The van der Waals surface area contributed by atoms with Crippen LogP contribution in [0, 0.1) is 17.8 Å². The van der Waals surface area contributed by atoms with Gasteiger partial charge in [0.25, 0.3) is 10.0 Å². The molecular formula is C32H39ClN2O6S. The molecule has 2 heterocycles. The minimum absolute atomic E-state index is 0.00131. The summed E-state index contributed by atoms with van der Waals surface area (Å²) in [7, 11) is -2.44. The van der Waals surface area contributed by atoms with Gasteiger partial charge in [0.15, 0.2) is 0 Å². The van der Waals surface area contributed by atoms with Gasteiger partial charge in [0, 0.05) is 30.6 Å². The molecule has 2 N–H and O–H groups in total. The van der Waals surface area contributed by atoms with E-state index in [1.165, 1.54) is 17.2 Å². The Labute approximate surface area is 253 Å². The molecule has 1 fully saturated rings. The number of sulfonamides is 1. The second-order valence-corrected chi connectivity index (χ2v) is 14.4. The summed E-state index contributed by atoms with van der Waals surface area (Å²) >= 11 is 6.39. The largest absolute Gasteiger partial charge is 0.490 e. The van der Waals surface area contributed by atoms with Crippen molar-refractivity contribution in [2.45, 2.75) is 61.4 Å². The maximum atomic E-state index is 13.4. The molecule has 2 aromatic rings. The Morgan fingerprint density at radius 3 is 2.81 bits per heavy atom. The van der Waals surface area contributed by atoms with E-state index in [-0.39, 0.29) is 16.4 Å². The van der Waals surface area contributed by atoms with Crippen molar-refractivity contribution in [3.63, 3.8) is 0 Å². The van der Waals surface area contributed by atoms with Gasteiger partial charge in [-0.25, -0.2) is 13.1 Å². The van der Waals surface area contributed by atoms with Crippen molar-refractivity contribution in [1.29, 1.82) is 0 Å². The third kappa shape index (κ3) is 5.56. The highest BCUT2D eigenvalue weighted by Crippen LogP contribution is 2.47. The van der Waals surface area contributed by atoms with Crippen LogP contribution in [-0.2, 0) is 31.4 Å². The number of hydrogen-bond donors (Lipinski definition) is 2. The van der Waals surface area contributed by atoms with Gasteiger partial charge in [-0.05, 0) is 98.2 Å². The average molecular weight is 615 g/mol. The van der Waals surface area contributed by atoms with Crippen LogP contribution >= 0.6 is 11.6 Å². The Kier molecular flexibility index (Phi) is 8.30. The number of rotatable bonds is 2. The third-order valence-corrected chi connectivity index (χ3v) is 11.4. The Morgan fingerprint density at radius 1 is 1.19 bits per heavy atom. The van der Waals surface area contributed by atoms with Crippen molar-refractivity contribution >= 4 is 33.2 Å². The van der Waals surface area contributed by atoms with Crippen LogP contribution in [0.1, 0.15) is 49.7 Å². The molecule has 5 atom stereocenters. The van der Waals surface area contributed by atoms with E-state index in [1.807, 2.05) is 12.1 Å². The molecule has 0 aromatic heterocycles. The van der Waals surface area contributed by atoms with Crippen LogP contribution in [0.15, 0.2) is 53.4 Å². The number of aliphatic hydroxyl groups excluding tert-OH is 1. The number of carbonyl (C=O) groups is 1. The number of aryl methyl sites for hydroxylation is 1. The minimum Gasteiger partial charge on any atom is -0.490 e. The van der Waals surface area contributed by atoms with E-state index >= 15 is 0 Å². The number of fused-ring (bicyclic) bond motifs is 4. The summed E-state index contributed by atoms with van der Waals surface area (Å²) in [6.45, 7) is 1.45. The second kappa shape index (κ2) is 11.8. The Bertz CT molecular complexity index is 1480. The molecule has 2 bridgehead atoms. The lowest BCUT2D eigenvalue weighted by Gasteiger charge is -2.46. The molecule has 2 aliphatic carbocycles. The number of hydrogen-bond acceptors (Lipinski definition) is 7. The van der Waals surface area contributed by atoms with Gasteiger partial charge in [-0.2, -0.15) is 0 Å². The molecule has 8 nitrogen and oxygen atoms in total. The van der Waals surface area contributed by atoms with Crippen molar-refractivity contribution in [2.24, 2.45) is 17.8 Å². The first kappa shape index (κ1) is 29.5. The summed E-state index contributed by atoms with van der Waals surface area (Å²) < 4.78 is 41.5. The van der Waals surface area contributed by atoms with E-state index in [9.17, 15) is 18.3 Å². The van der Waals surface area contributed by atoms with E-state index in [1.54, 1.807) is 19.2 Å². The summed E-state index contributed by atoms with van der Waals surface area (Å²) in [6.07, 6.45) is 9.90. The fourth-order valence-electron chi connectivity index (χ4n) is 7.30. The molecule has 2 aromatic carbocycles. The summed E-state index contributed by atoms with van der Waals surface area (Å²) in [5.74, 6) is -0.236. The highest BCUT2D eigenvalue weighted by Gasteiger charge is 2.44. The fraction of sp³-hybridized carbons (Fsp3) is 0.531. The molecular weight excluding hydrogens is 576 g/mol. The molecule has 1 saturated carbocycles. The van der Waals surface area contributed by atoms with E-state index in [0.29, 0.717) is 49.3 Å². The van der Waals surface area contributed by atoms with Crippen LogP contribution < -0.4 is 14.4 Å². The van der Waals surface area contributed by atoms with Gasteiger partial charge in [0.05, 0.1) is 35.8 Å². The minimum atomic E-state index is -4.17. The van der Waals surface area contributed by atoms with Crippen LogP contribution in [0.2, 0.25) is 5.02 Å². The number of nitrogens with zero attached hydrogens (tertiary/aromatic N) is 1. The predicted molar refractivity (Wildman–Crippen MR) is 162 cm³/mol. The van der Waals surface area contributed by atoms with Gasteiger partial charge in [-0.1, -0.05) is 29.8 Å². The molecule has 1 amide bonds. The molecule has 6 rings (SSSR count). The lowest BCUT2D eigenvalue weighted by Crippen LogP contribution is -2.49. The van der Waals surface area contributed by atoms with Gasteiger partial charge in [0.1, 0.15) is 5.75 Å². The van der Waals surface area contributed by atoms with Crippen LogP contribution in [0.5, 0.6) is 5.75 Å². The van der Waals surface area contributed by atoms with Gasteiger partial charge >= 0.3 is 0 Å². The van der Waals surface area contributed by atoms with Gasteiger partial charge in [-0.15, -0.1) is 0 Å².